The number of hydrogen-bond donors (Lipinski definition) is 1. The number of nitrogens with one attached hydrogen (secondary N) is 1. The predicted molar refractivity (Wildman–Crippen MR) is 60.9 cm³/mol. The molecule has 0 aromatic heterocycles. The van der Waals surface area contributed by atoms with E-state index in [0.717, 1.165) is 0 Å². The second-order valence-corrected chi connectivity index (χ2v) is 5.37. The highest BCUT2D eigenvalue weighted by molar-refractivity contribution is 7.89. The van der Waals surface area contributed by atoms with E-state index in [0.29, 0.717) is 19.4 Å². The van der Waals surface area contributed by atoms with Crippen LogP contribution in [0.3, 0.4) is 0 Å². The summed E-state index contributed by atoms with van der Waals surface area (Å²) in [4.78, 5) is 0. The molecule has 0 saturated heterocycles. The van der Waals surface area contributed by atoms with Crippen LogP contribution < -0.4 is 4.72 Å². The Hall–Kier alpha value is -0.570. The van der Waals surface area contributed by atoms with Gasteiger partial charge in [-0.3, -0.25) is 0 Å². The van der Waals surface area contributed by atoms with E-state index in [4.69, 9.17) is 11.2 Å². The molecule has 0 fully saturated rings. The number of rotatable bonds is 8. The van der Waals surface area contributed by atoms with Crippen molar-refractivity contribution in [3.8, 4) is 12.3 Å². The topological polar surface area (TPSA) is 55.4 Å². The molecule has 0 spiro atoms. The molecule has 0 aliphatic heterocycles. The van der Waals surface area contributed by atoms with Crippen molar-refractivity contribution in [2.45, 2.75) is 32.8 Å². The standard InChI is InChI=1S/C10H19NO3S/c1-4-5-6-7-11-15(12,13)9-8-14-10(2)3/h1,10-11H,5-9H2,2-3H3. The van der Waals surface area contributed by atoms with Crippen molar-refractivity contribution in [3.05, 3.63) is 0 Å². The lowest BCUT2D eigenvalue weighted by molar-refractivity contribution is 0.0911. The Morgan fingerprint density at radius 1 is 1.47 bits per heavy atom. The first kappa shape index (κ1) is 14.4. The highest BCUT2D eigenvalue weighted by atomic mass is 32.2. The van der Waals surface area contributed by atoms with Gasteiger partial charge in [0.25, 0.3) is 0 Å². The summed E-state index contributed by atoms with van der Waals surface area (Å²) in [7, 11) is -3.20. The Morgan fingerprint density at radius 3 is 2.67 bits per heavy atom. The second-order valence-electron chi connectivity index (χ2n) is 3.44. The van der Waals surface area contributed by atoms with Crippen molar-refractivity contribution in [3.63, 3.8) is 0 Å². The summed E-state index contributed by atoms with van der Waals surface area (Å²) in [6.07, 6.45) is 6.36. The van der Waals surface area contributed by atoms with Gasteiger partial charge in [0.15, 0.2) is 0 Å². The van der Waals surface area contributed by atoms with Crippen LogP contribution in [-0.2, 0) is 14.8 Å². The average molecular weight is 233 g/mol. The fourth-order valence-electron chi connectivity index (χ4n) is 0.884. The van der Waals surface area contributed by atoms with Gasteiger partial charge in [-0.15, -0.1) is 12.3 Å². The van der Waals surface area contributed by atoms with Gasteiger partial charge in [-0.05, 0) is 20.3 Å². The van der Waals surface area contributed by atoms with Crippen molar-refractivity contribution in [2.75, 3.05) is 18.9 Å². The predicted octanol–water partition coefficient (Wildman–Crippen LogP) is 0.744. The van der Waals surface area contributed by atoms with E-state index in [1.807, 2.05) is 13.8 Å². The van der Waals surface area contributed by atoms with Gasteiger partial charge in [0.05, 0.1) is 18.5 Å². The zero-order valence-corrected chi connectivity index (χ0v) is 10.1. The Bertz CT molecular complexity index is 290. The van der Waals surface area contributed by atoms with E-state index in [9.17, 15) is 8.42 Å². The van der Waals surface area contributed by atoms with Gasteiger partial charge < -0.3 is 4.74 Å². The molecule has 0 atom stereocenters. The largest absolute Gasteiger partial charge is 0.378 e. The third-order valence-electron chi connectivity index (χ3n) is 1.62. The van der Waals surface area contributed by atoms with Gasteiger partial charge in [-0.25, -0.2) is 13.1 Å². The van der Waals surface area contributed by atoms with Crippen molar-refractivity contribution in [1.82, 2.24) is 4.72 Å². The van der Waals surface area contributed by atoms with Crippen molar-refractivity contribution < 1.29 is 13.2 Å². The lowest BCUT2D eigenvalue weighted by atomic mass is 10.3. The Labute approximate surface area is 92.4 Å². The number of unbranched alkanes of at least 4 members (excludes halogenated alkanes) is 1. The van der Waals surface area contributed by atoms with Crippen molar-refractivity contribution in [1.29, 1.82) is 0 Å². The van der Waals surface area contributed by atoms with Gasteiger partial charge in [0, 0.05) is 13.0 Å². The lowest BCUT2D eigenvalue weighted by Gasteiger charge is -2.08. The maximum absolute atomic E-state index is 11.3. The maximum atomic E-state index is 11.3. The SMILES string of the molecule is C#CCCCNS(=O)(=O)CCOC(C)C. The molecule has 0 heterocycles. The van der Waals surface area contributed by atoms with E-state index in [1.54, 1.807) is 0 Å². The van der Waals surface area contributed by atoms with E-state index < -0.39 is 10.0 Å². The van der Waals surface area contributed by atoms with Crippen LogP contribution in [0, 0.1) is 12.3 Å². The van der Waals surface area contributed by atoms with Crippen LogP contribution in [-0.4, -0.2) is 33.4 Å². The monoisotopic (exact) mass is 233 g/mol. The highest BCUT2D eigenvalue weighted by Crippen LogP contribution is 1.92. The van der Waals surface area contributed by atoms with Crippen LogP contribution in [0.2, 0.25) is 0 Å². The quantitative estimate of drug-likeness (QED) is 0.497. The molecule has 0 saturated carbocycles. The molecule has 0 aromatic rings. The highest BCUT2D eigenvalue weighted by Gasteiger charge is 2.09. The molecule has 0 aliphatic rings. The molecule has 0 aromatic carbocycles. The molecular formula is C10H19NO3S. The number of sulfonamides is 1. The summed E-state index contributed by atoms with van der Waals surface area (Å²) in [5.74, 6) is 2.45. The molecule has 4 nitrogen and oxygen atoms in total. The summed E-state index contributed by atoms with van der Waals surface area (Å²) >= 11 is 0. The summed E-state index contributed by atoms with van der Waals surface area (Å²) in [5.41, 5.74) is 0. The van der Waals surface area contributed by atoms with Gasteiger partial charge in [-0.1, -0.05) is 0 Å². The molecule has 5 heteroatoms. The van der Waals surface area contributed by atoms with E-state index in [1.165, 1.54) is 0 Å². The van der Waals surface area contributed by atoms with E-state index in [2.05, 4.69) is 10.6 Å². The molecule has 0 bridgehead atoms. The smallest absolute Gasteiger partial charge is 0.213 e. The molecule has 0 amide bonds. The minimum atomic E-state index is -3.20. The third kappa shape index (κ3) is 9.73. The Kier molecular flexibility index (Phi) is 7.39. The van der Waals surface area contributed by atoms with Crippen LogP contribution in [0.1, 0.15) is 26.7 Å². The van der Waals surface area contributed by atoms with Gasteiger partial charge in [0.2, 0.25) is 10.0 Å². The summed E-state index contributed by atoms with van der Waals surface area (Å²) < 4.78 is 30.3. The summed E-state index contributed by atoms with van der Waals surface area (Å²) in [6.45, 7) is 4.36. The van der Waals surface area contributed by atoms with Gasteiger partial charge >= 0.3 is 0 Å². The van der Waals surface area contributed by atoms with Crippen LogP contribution in [0.15, 0.2) is 0 Å². The fourth-order valence-corrected chi connectivity index (χ4v) is 1.80. The zero-order chi connectivity index (χ0) is 11.7. The van der Waals surface area contributed by atoms with Gasteiger partial charge in [-0.2, -0.15) is 0 Å². The average Bonchev–Trinajstić information content (AvgIpc) is 2.11. The first-order valence-corrected chi connectivity index (χ1v) is 6.65. The second kappa shape index (κ2) is 7.69. The Balaban J connectivity index is 3.64. The third-order valence-corrected chi connectivity index (χ3v) is 2.97. The first-order chi connectivity index (χ1) is 6.98. The number of hydrogen-bond acceptors (Lipinski definition) is 3. The van der Waals surface area contributed by atoms with E-state index >= 15 is 0 Å². The Morgan fingerprint density at radius 2 is 2.13 bits per heavy atom. The minimum Gasteiger partial charge on any atom is -0.378 e. The normalized spacial score (nSPS) is 11.6. The zero-order valence-electron chi connectivity index (χ0n) is 9.32. The van der Waals surface area contributed by atoms with Crippen LogP contribution >= 0.6 is 0 Å². The van der Waals surface area contributed by atoms with Crippen LogP contribution in [0.5, 0.6) is 0 Å². The van der Waals surface area contributed by atoms with Crippen LogP contribution in [0.25, 0.3) is 0 Å². The molecule has 0 radical (unpaired) electrons. The summed E-state index contributed by atoms with van der Waals surface area (Å²) in [6, 6.07) is 0. The van der Waals surface area contributed by atoms with Crippen molar-refractivity contribution in [2.24, 2.45) is 0 Å². The first-order valence-electron chi connectivity index (χ1n) is 5.00. The molecule has 0 unspecified atom stereocenters. The molecular weight excluding hydrogens is 214 g/mol. The summed E-state index contributed by atoms with van der Waals surface area (Å²) in [5, 5.41) is 0. The van der Waals surface area contributed by atoms with Crippen LogP contribution in [0.4, 0.5) is 0 Å². The number of ether oxygens (including phenoxy) is 1. The number of terminal acetylenes is 1. The molecule has 88 valence electrons. The molecule has 1 N–H and O–H groups in total. The van der Waals surface area contributed by atoms with Gasteiger partial charge in [0.1, 0.15) is 0 Å². The molecule has 0 aliphatic carbocycles. The molecule has 0 rings (SSSR count). The van der Waals surface area contributed by atoms with E-state index in [-0.39, 0.29) is 18.5 Å². The maximum Gasteiger partial charge on any atom is 0.213 e. The molecule has 15 heavy (non-hydrogen) atoms. The fraction of sp³-hybridized carbons (Fsp3) is 0.800. The minimum absolute atomic E-state index is 0.00122. The van der Waals surface area contributed by atoms with Crippen molar-refractivity contribution >= 4 is 10.0 Å². The lowest BCUT2D eigenvalue weighted by Crippen LogP contribution is -2.29.